The van der Waals surface area contributed by atoms with E-state index < -0.39 is 0 Å². The Bertz CT molecular complexity index is 562. The summed E-state index contributed by atoms with van der Waals surface area (Å²) in [5.74, 6) is 1.06. The van der Waals surface area contributed by atoms with E-state index in [-0.39, 0.29) is 29.9 Å². The lowest BCUT2D eigenvalue weighted by Crippen LogP contribution is -2.47. The molecule has 1 atom stereocenters. The van der Waals surface area contributed by atoms with Crippen molar-refractivity contribution in [1.82, 2.24) is 10.2 Å². The number of carbonyl (C=O) groups is 1. The lowest BCUT2D eigenvalue weighted by molar-refractivity contribution is -0.119. The first kappa shape index (κ1) is 20.7. The minimum absolute atomic E-state index is 0. The molecule has 0 spiro atoms. The molecule has 1 aromatic rings. The van der Waals surface area contributed by atoms with Crippen LogP contribution in [0.15, 0.2) is 29.3 Å². The SMILES string of the molecule is CN=C(NCCc1cccc(C)c1)N1CCCC(CC(N)=O)C1.I. The number of piperidine rings is 1. The van der Waals surface area contributed by atoms with Gasteiger partial charge >= 0.3 is 0 Å². The highest BCUT2D eigenvalue weighted by Gasteiger charge is 2.23. The van der Waals surface area contributed by atoms with Gasteiger partial charge in [-0.3, -0.25) is 9.79 Å². The fraction of sp³-hybridized carbons (Fsp3) is 0.556. The largest absolute Gasteiger partial charge is 0.370 e. The predicted molar refractivity (Wildman–Crippen MR) is 110 cm³/mol. The van der Waals surface area contributed by atoms with E-state index >= 15 is 0 Å². The molecule has 1 amide bonds. The van der Waals surface area contributed by atoms with Crippen LogP contribution in [0.3, 0.4) is 0 Å². The number of aliphatic imine (C=N–C) groups is 1. The van der Waals surface area contributed by atoms with Crippen LogP contribution in [0.2, 0.25) is 0 Å². The smallest absolute Gasteiger partial charge is 0.217 e. The Labute approximate surface area is 162 Å². The van der Waals surface area contributed by atoms with Crippen LogP contribution < -0.4 is 11.1 Å². The molecule has 134 valence electrons. The summed E-state index contributed by atoms with van der Waals surface area (Å²) >= 11 is 0. The fourth-order valence-electron chi connectivity index (χ4n) is 3.23. The minimum atomic E-state index is -0.209. The zero-order valence-corrected chi connectivity index (χ0v) is 17.0. The Hall–Kier alpha value is -1.31. The van der Waals surface area contributed by atoms with Crippen molar-refractivity contribution in [3.8, 4) is 0 Å². The molecular weight excluding hydrogens is 415 g/mol. The van der Waals surface area contributed by atoms with Crippen molar-refractivity contribution >= 4 is 35.8 Å². The fourth-order valence-corrected chi connectivity index (χ4v) is 3.23. The lowest BCUT2D eigenvalue weighted by atomic mass is 9.95. The molecule has 2 rings (SSSR count). The number of aryl methyl sites for hydroxylation is 1. The first-order chi connectivity index (χ1) is 11.1. The standard InChI is InChI=1S/C18H28N4O.HI/c1-14-5-3-6-15(11-14)8-9-21-18(20-2)22-10-4-7-16(13-22)12-17(19)23;/h3,5-6,11,16H,4,7-10,12-13H2,1-2H3,(H2,19,23)(H,20,21);1H. The molecule has 24 heavy (non-hydrogen) atoms. The Morgan fingerprint density at radius 3 is 2.92 bits per heavy atom. The second-order valence-corrected chi connectivity index (χ2v) is 6.34. The summed E-state index contributed by atoms with van der Waals surface area (Å²) in [5, 5.41) is 3.44. The van der Waals surface area contributed by atoms with Gasteiger partial charge in [-0.05, 0) is 37.7 Å². The summed E-state index contributed by atoms with van der Waals surface area (Å²) in [6.07, 6.45) is 3.59. The number of halogens is 1. The molecule has 1 unspecified atom stereocenters. The summed E-state index contributed by atoms with van der Waals surface area (Å²) in [5.41, 5.74) is 7.95. The molecule has 1 heterocycles. The third kappa shape index (κ3) is 6.67. The van der Waals surface area contributed by atoms with Crippen molar-refractivity contribution in [3.05, 3.63) is 35.4 Å². The molecule has 0 saturated carbocycles. The molecule has 0 aromatic heterocycles. The van der Waals surface area contributed by atoms with E-state index in [2.05, 4.69) is 46.4 Å². The summed E-state index contributed by atoms with van der Waals surface area (Å²) in [6.45, 7) is 4.81. The number of nitrogens with one attached hydrogen (secondary N) is 1. The molecule has 0 aliphatic carbocycles. The second kappa shape index (κ2) is 10.5. The quantitative estimate of drug-likeness (QED) is 0.416. The van der Waals surface area contributed by atoms with Crippen LogP contribution in [-0.4, -0.2) is 43.4 Å². The van der Waals surface area contributed by atoms with E-state index in [4.69, 9.17) is 5.73 Å². The maximum Gasteiger partial charge on any atom is 0.217 e. The Morgan fingerprint density at radius 2 is 2.25 bits per heavy atom. The van der Waals surface area contributed by atoms with Crippen LogP contribution in [0.1, 0.15) is 30.4 Å². The molecule has 0 bridgehead atoms. The zero-order valence-electron chi connectivity index (χ0n) is 14.6. The maximum absolute atomic E-state index is 11.1. The highest BCUT2D eigenvalue weighted by atomic mass is 127. The number of hydrogen-bond acceptors (Lipinski definition) is 2. The van der Waals surface area contributed by atoms with Crippen LogP contribution in [0.4, 0.5) is 0 Å². The predicted octanol–water partition coefficient (Wildman–Crippen LogP) is 2.32. The summed E-state index contributed by atoms with van der Waals surface area (Å²) in [7, 11) is 1.81. The van der Waals surface area contributed by atoms with Gasteiger partial charge in [0.1, 0.15) is 0 Å². The number of nitrogens with zero attached hydrogens (tertiary/aromatic N) is 2. The lowest BCUT2D eigenvalue weighted by Gasteiger charge is -2.34. The van der Waals surface area contributed by atoms with E-state index in [1.165, 1.54) is 11.1 Å². The number of nitrogens with two attached hydrogens (primary N) is 1. The van der Waals surface area contributed by atoms with Crippen molar-refractivity contribution in [2.75, 3.05) is 26.7 Å². The van der Waals surface area contributed by atoms with Gasteiger partial charge in [0.2, 0.25) is 5.91 Å². The average Bonchev–Trinajstić information content (AvgIpc) is 2.51. The Balaban J connectivity index is 0.00000288. The summed E-state index contributed by atoms with van der Waals surface area (Å²) in [6, 6.07) is 8.58. The Morgan fingerprint density at radius 1 is 1.46 bits per heavy atom. The molecule has 1 aliphatic rings. The molecule has 5 nitrogen and oxygen atoms in total. The van der Waals surface area contributed by atoms with Gasteiger partial charge in [-0.2, -0.15) is 0 Å². The number of likely N-dealkylation sites (tertiary alicyclic amines) is 1. The molecule has 1 aromatic carbocycles. The third-order valence-corrected chi connectivity index (χ3v) is 4.30. The molecule has 1 aliphatic heterocycles. The van der Waals surface area contributed by atoms with Crippen molar-refractivity contribution in [3.63, 3.8) is 0 Å². The highest BCUT2D eigenvalue weighted by molar-refractivity contribution is 14.0. The number of guanidine groups is 1. The molecule has 1 saturated heterocycles. The normalized spacial score (nSPS) is 18.0. The monoisotopic (exact) mass is 444 g/mol. The van der Waals surface area contributed by atoms with Crippen molar-refractivity contribution in [2.24, 2.45) is 16.6 Å². The molecule has 6 heteroatoms. The van der Waals surface area contributed by atoms with Gasteiger partial charge < -0.3 is 16.0 Å². The van der Waals surface area contributed by atoms with Crippen LogP contribution >= 0.6 is 24.0 Å². The van der Waals surface area contributed by atoms with Crippen LogP contribution in [0, 0.1) is 12.8 Å². The third-order valence-electron chi connectivity index (χ3n) is 4.30. The van der Waals surface area contributed by atoms with Crippen molar-refractivity contribution in [2.45, 2.75) is 32.6 Å². The van der Waals surface area contributed by atoms with Gasteiger partial charge in [-0.15, -0.1) is 24.0 Å². The van der Waals surface area contributed by atoms with Gasteiger partial charge in [0.25, 0.3) is 0 Å². The maximum atomic E-state index is 11.1. The van der Waals surface area contributed by atoms with Gasteiger partial charge in [-0.25, -0.2) is 0 Å². The van der Waals surface area contributed by atoms with E-state index in [1.807, 2.05) is 7.05 Å². The summed E-state index contributed by atoms with van der Waals surface area (Å²) in [4.78, 5) is 17.8. The van der Waals surface area contributed by atoms with Gasteiger partial charge in [0.15, 0.2) is 5.96 Å². The summed E-state index contributed by atoms with van der Waals surface area (Å²) < 4.78 is 0. The van der Waals surface area contributed by atoms with E-state index in [9.17, 15) is 4.79 Å². The molecular formula is C18H29IN4O. The zero-order chi connectivity index (χ0) is 16.7. The Kier molecular flexibility index (Phi) is 9.10. The number of amides is 1. The number of benzene rings is 1. The van der Waals surface area contributed by atoms with Gasteiger partial charge in [-0.1, -0.05) is 29.8 Å². The molecule has 3 N–H and O–H groups in total. The first-order valence-electron chi connectivity index (χ1n) is 8.38. The topological polar surface area (TPSA) is 70.7 Å². The highest BCUT2D eigenvalue weighted by Crippen LogP contribution is 2.19. The van der Waals surface area contributed by atoms with Gasteiger partial charge in [0, 0.05) is 33.1 Å². The number of carbonyl (C=O) groups excluding carboxylic acids is 1. The second-order valence-electron chi connectivity index (χ2n) is 6.34. The number of hydrogen-bond donors (Lipinski definition) is 2. The number of primary amides is 1. The molecule has 0 radical (unpaired) electrons. The average molecular weight is 444 g/mol. The minimum Gasteiger partial charge on any atom is -0.370 e. The van der Waals surface area contributed by atoms with Gasteiger partial charge in [0.05, 0.1) is 0 Å². The number of rotatable bonds is 5. The van der Waals surface area contributed by atoms with Crippen molar-refractivity contribution < 1.29 is 4.79 Å². The van der Waals surface area contributed by atoms with E-state index in [1.54, 1.807) is 0 Å². The van der Waals surface area contributed by atoms with E-state index in [0.717, 1.165) is 44.9 Å². The van der Waals surface area contributed by atoms with Crippen LogP contribution in [0.5, 0.6) is 0 Å². The van der Waals surface area contributed by atoms with Crippen LogP contribution in [0.25, 0.3) is 0 Å². The van der Waals surface area contributed by atoms with Crippen LogP contribution in [-0.2, 0) is 11.2 Å². The van der Waals surface area contributed by atoms with E-state index in [0.29, 0.717) is 12.3 Å². The van der Waals surface area contributed by atoms with Crippen molar-refractivity contribution in [1.29, 1.82) is 0 Å². The first-order valence-corrected chi connectivity index (χ1v) is 8.38. The molecule has 1 fully saturated rings.